The average molecular weight is 359 g/mol. The third kappa shape index (κ3) is 5.21. The quantitative estimate of drug-likeness (QED) is 0.795. The van der Waals surface area contributed by atoms with E-state index >= 15 is 0 Å². The zero-order chi connectivity index (χ0) is 17.5. The number of hydrogen-bond acceptors (Lipinski definition) is 3. The van der Waals surface area contributed by atoms with Crippen LogP contribution in [0.5, 0.6) is 5.75 Å². The highest BCUT2D eigenvalue weighted by Gasteiger charge is 2.23. The standard InChI is InChI=1S/C20H23ClN2O2/c21-17-6-8-18(9-7-17)25-19(16-4-2-1-3-5-16)20(24)23-13-11-15-10-12-22-14-15/h1-9,15,19,22H,10-14H2,(H,23,24). The Morgan fingerprint density at radius 1 is 1.20 bits per heavy atom. The van der Waals surface area contributed by atoms with Gasteiger partial charge in [-0.25, -0.2) is 0 Å². The summed E-state index contributed by atoms with van der Waals surface area (Å²) < 4.78 is 5.96. The maximum absolute atomic E-state index is 12.7. The van der Waals surface area contributed by atoms with Crippen LogP contribution in [-0.4, -0.2) is 25.5 Å². The molecule has 2 aromatic rings. The van der Waals surface area contributed by atoms with Crippen molar-refractivity contribution in [2.45, 2.75) is 18.9 Å². The Balaban J connectivity index is 1.64. The molecule has 0 spiro atoms. The molecule has 2 aromatic carbocycles. The molecule has 0 radical (unpaired) electrons. The van der Waals surface area contributed by atoms with E-state index < -0.39 is 6.10 Å². The molecule has 0 aromatic heterocycles. The lowest BCUT2D eigenvalue weighted by atomic mass is 10.0. The summed E-state index contributed by atoms with van der Waals surface area (Å²) in [4.78, 5) is 12.7. The highest BCUT2D eigenvalue weighted by Crippen LogP contribution is 2.24. The fourth-order valence-corrected chi connectivity index (χ4v) is 3.13. The number of benzene rings is 2. The van der Waals surface area contributed by atoms with E-state index in [2.05, 4.69) is 10.6 Å². The Morgan fingerprint density at radius 2 is 1.96 bits per heavy atom. The smallest absolute Gasteiger partial charge is 0.265 e. The van der Waals surface area contributed by atoms with Crippen molar-refractivity contribution < 1.29 is 9.53 Å². The predicted molar refractivity (Wildman–Crippen MR) is 99.9 cm³/mol. The molecule has 132 valence electrons. The second-order valence-electron chi connectivity index (χ2n) is 6.30. The summed E-state index contributed by atoms with van der Waals surface area (Å²) in [5, 5.41) is 7.01. The molecule has 1 amide bonds. The van der Waals surface area contributed by atoms with Crippen LogP contribution in [0.15, 0.2) is 54.6 Å². The van der Waals surface area contributed by atoms with Crippen molar-refractivity contribution in [3.8, 4) is 5.75 Å². The fraction of sp³-hybridized carbons (Fsp3) is 0.350. The molecule has 25 heavy (non-hydrogen) atoms. The van der Waals surface area contributed by atoms with Crippen molar-refractivity contribution in [2.24, 2.45) is 5.92 Å². The molecule has 2 atom stereocenters. The largest absolute Gasteiger partial charge is 0.476 e. The van der Waals surface area contributed by atoms with Gasteiger partial charge in [-0.3, -0.25) is 4.79 Å². The van der Waals surface area contributed by atoms with Crippen LogP contribution in [0.1, 0.15) is 24.5 Å². The third-order valence-corrected chi connectivity index (χ3v) is 4.67. The molecule has 0 aliphatic carbocycles. The minimum atomic E-state index is -0.677. The van der Waals surface area contributed by atoms with Crippen LogP contribution in [-0.2, 0) is 4.79 Å². The lowest BCUT2D eigenvalue weighted by Gasteiger charge is -2.20. The third-order valence-electron chi connectivity index (χ3n) is 4.42. The van der Waals surface area contributed by atoms with Gasteiger partial charge in [0, 0.05) is 17.1 Å². The SMILES string of the molecule is O=C(NCCC1CCNC1)C(Oc1ccc(Cl)cc1)c1ccccc1. The second-order valence-corrected chi connectivity index (χ2v) is 6.74. The van der Waals surface area contributed by atoms with Gasteiger partial charge in [0.25, 0.3) is 5.91 Å². The Morgan fingerprint density at radius 3 is 2.64 bits per heavy atom. The number of nitrogens with one attached hydrogen (secondary N) is 2. The minimum absolute atomic E-state index is 0.118. The van der Waals surface area contributed by atoms with Crippen molar-refractivity contribution in [3.05, 3.63) is 65.2 Å². The van der Waals surface area contributed by atoms with Gasteiger partial charge in [-0.05, 0) is 56.1 Å². The van der Waals surface area contributed by atoms with E-state index in [1.165, 1.54) is 6.42 Å². The molecule has 1 heterocycles. The van der Waals surface area contributed by atoms with E-state index in [0.29, 0.717) is 23.2 Å². The fourth-order valence-electron chi connectivity index (χ4n) is 3.00. The van der Waals surface area contributed by atoms with Crippen LogP contribution in [0.25, 0.3) is 0 Å². The van der Waals surface area contributed by atoms with Gasteiger partial charge < -0.3 is 15.4 Å². The van der Waals surface area contributed by atoms with Crippen molar-refractivity contribution in [1.29, 1.82) is 0 Å². The topological polar surface area (TPSA) is 50.4 Å². The minimum Gasteiger partial charge on any atom is -0.476 e. The van der Waals surface area contributed by atoms with Crippen LogP contribution in [0.4, 0.5) is 0 Å². The molecule has 2 N–H and O–H groups in total. The molecule has 4 nitrogen and oxygen atoms in total. The summed E-state index contributed by atoms with van der Waals surface area (Å²) >= 11 is 5.92. The maximum Gasteiger partial charge on any atom is 0.265 e. The van der Waals surface area contributed by atoms with E-state index in [1.54, 1.807) is 24.3 Å². The monoisotopic (exact) mass is 358 g/mol. The van der Waals surface area contributed by atoms with Gasteiger partial charge in [0.05, 0.1) is 0 Å². The first-order valence-electron chi connectivity index (χ1n) is 8.68. The summed E-state index contributed by atoms with van der Waals surface area (Å²) in [6.45, 7) is 2.78. The molecule has 0 saturated carbocycles. The van der Waals surface area contributed by atoms with Crippen LogP contribution < -0.4 is 15.4 Å². The summed E-state index contributed by atoms with van der Waals surface area (Å²) in [5.74, 6) is 1.15. The Labute approximate surface area is 153 Å². The molecule has 3 rings (SSSR count). The molecule has 2 unspecified atom stereocenters. The lowest BCUT2D eigenvalue weighted by molar-refractivity contribution is -0.128. The van der Waals surface area contributed by atoms with Gasteiger partial charge in [0.15, 0.2) is 0 Å². The Kier molecular flexibility index (Phi) is 6.31. The van der Waals surface area contributed by atoms with E-state index in [1.807, 2.05) is 30.3 Å². The van der Waals surface area contributed by atoms with Gasteiger partial charge in [-0.2, -0.15) is 0 Å². The van der Waals surface area contributed by atoms with Gasteiger partial charge >= 0.3 is 0 Å². The number of hydrogen-bond donors (Lipinski definition) is 2. The molecule has 5 heteroatoms. The average Bonchev–Trinajstić information content (AvgIpc) is 3.15. The van der Waals surface area contributed by atoms with Crippen LogP contribution in [0, 0.1) is 5.92 Å². The van der Waals surface area contributed by atoms with Crippen molar-refractivity contribution >= 4 is 17.5 Å². The summed E-state index contributed by atoms with van der Waals surface area (Å²) in [7, 11) is 0. The highest BCUT2D eigenvalue weighted by atomic mass is 35.5. The lowest BCUT2D eigenvalue weighted by Crippen LogP contribution is -2.34. The molecule has 1 aliphatic heterocycles. The number of rotatable bonds is 7. The van der Waals surface area contributed by atoms with Crippen LogP contribution in [0.2, 0.25) is 5.02 Å². The van der Waals surface area contributed by atoms with Crippen molar-refractivity contribution in [1.82, 2.24) is 10.6 Å². The number of ether oxygens (including phenoxy) is 1. The van der Waals surface area contributed by atoms with Gasteiger partial charge in [-0.15, -0.1) is 0 Å². The first kappa shape index (κ1) is 17.8. The summed E-state index contributed by atoms with van der Waals surface area (Å²) in [5.41, 5.74) is 0.831. The van der Waals surface area contributed by atoms with Gasteiger partial charge in [0.2, 0.25) is 6.10 Å². The van der Waals surface area contributed by atoms with E-state index in [4.69, 9.17) is 16.3 Å². The van der Waals surface area contributed by atoms with Crippen molar-refractivity contribution in [2.75, 3.05) is 19.6 Å². The molecular formula is C20H23ClN2O2. The number of carbonyl (C=O) groups excluding carboxylic acids is 1. The Bertz CT molecular complexity index is 670. The second kappa shape index (κ2) is 8.88. The summed E-state index contributed by atoms with van der Waals surface area (Å²) in [6, 6.07) is 16.6. The molecule has 1 aliphatic rings. The molecule has 0 bridgehead atoms. The first-order chi connectivity index (χ1) is 12.2. The number of amides is 1. The Hall–Kier alpha value is -2.04. The number of carbonyl (C=O) groups is 1. The number of halogens is 1. The predicted octanol–water partition coefficient (Wildman–Crippen LogP) is 3.58. The highest BCUT2D eigenvalue weighted by molar-refractivity contribution is 6.30. The summed E-state index contributed by atoms with van der Waals surface area (Å²) in [6.07, 6.45) is 1.49. The zero-order valence-corrected chi connectivity index (χ0v) is 14.8. The van der Waals surface area contributed by atoms with E-state index in [-0.39, 0.29) is 5.91 Å². The normalized spacial score (nSPS) is 17.9. The van der Waals surface area contributed by atoms with Gasteiger partial charge in [-0.1, -0.05) is 41.9 Å². The van der Waals surface area contributed by atoms with E-state index in [0.717, 1.165) is 25.1 Å². The zero-order valence-electron chi connectivity index (χ0n) is 14.1. The van der Waals surface area contributed by atoms with Crippen LogP contribution in [0.3, 0.4) is 0 Å². The van der Waals surface area contributed by atoms with Crippen LogP contribution >= 0.6 is 11.6 Å². The molecular weight excluding hydrogens is 336 g/mol. The molecule has 1 fully saturated rings. The first-order valence-corrected chi connectivity index (χ1v) is 9.06. The van der Waals surface area contributed by atoms with E-state index in [9.17, 15) is 4.79 Å². The van der Waals surface area contributed by atoms with Crippen molar-refractivity contribution in [3.63, 3.8) is 0 Å². The maximum atomic E-state index is 12.7. The molecule has 1 saturated heterocycles. The van der Waals surface area contributed by atoms with Gasteiger partial charge in [0.1, 0.15) is 5.75 Å².